The molecule has 0 spiro atoms. The Morgan fingerprint density at radius 3 is 2.67 bits per heavy atom. The Kier molecular flexibility index (Phi) is 6.28. The highest BCUT2D eigenvalue weighted by Crippen LogP contribution is 2.29. The molecule has 1 unspecified atom stereocenters. The fourth-order valence-corrected chi connectivity index (χ4v) is 4.59. The topological polar surface area (TPSA) is 33.5 Å². The summed E-state index contributed by atoms with van der Waals surface area (Å²) in [4.78, 5) is 9.73. The SMILES string of the molecule is CCN1CCN(c2cc3ncn(COCC[Si](C)(C)C)c3cc2C)C(C)C1. The van der Waals surface area contributed by atoms with E-state index in [9.17, 15) is 0 Å². The Labute approximate surface area is 165 Å². The van der Waals surface area contributed by atoms with Gasteiger partial charge in [0.1, 0.15) is 6.73 Å². The van der Waals surface area contributed by atoms with Gasteiger partial charge in [0.15, 0.2) is 0 Å². The first-order valence-electron chi connectivity index (χ1n) is 10.3. The number of nitrogens with zero attached hydrogens (tertiary/aromatic N) is 4. The molecule has 2 heterocycles. The molecule has 0 bridgehead atoms. The number of aromatic nitrogens is 2. The molecule has 0 N–H and O–H groups in total. The second kappa shape index (κ2) is 8.33. The van der Waals surface area contributed by atoms with Gasteiger partial charge >= 0.3 is 0 Å². The van der Waals surface area contributed by atoms with Crippen molar-refractivity contribution in [1.29, 1.82) is 0 Å². The van der Waals surface area contributed by atoms with Crippen LogP contribution in [-0.4, -0.2) is 61.4 Å². The molecule has 1 aromatic heterocycles. The first kappa shape index (κ1) is 20.4. The molecule has 1 saturated heterocycles. The second-order valence-electron chi connectivity index (χ2n) is 9.13. The number of anilines is 1. The van der Waals surface area contributed by atoms with Crippen LogP contribution in [0.2, 0.25) is 25.7 Å². The molecule has 5 nitrogen and oxygen atoms in total. The third-order valence-electron chi connectivity index (χ3n) is 5.63. The van der Waals surface area contributed by atoms with Gasteiger partial charge in [-0.1, -0.05) is 26.6 Å². The van der Waals surface area contributed by atoms with Crippen molar-refractivity contribution < 1.29 is 4.74 Å². The van der Waals surface area contributed by atoms with Gasteiger partial charge in [-0.3, -0.25) is 4.90 Å². The normalized spacial score (nSPS) is 19.2. The quantitative estimate of drug-likeness (QED) is 0.526. The maximum Gasteiger partial charge on any atom is 0.124 e. The molecule has 150 valence electrons. The third-order valence-corrected chi connectivity index (χ3v) is 7.34. The molecule has 0 radical (unpaired) electrons. The van der Waals surface area contributed by atoms with Gasteiger partial charge < -0.3 is 14.2 Å². The Bertz CT molecular complexity index is 767. The maximum absolute atomic E-state index is 5.93. The zero-order chi connectivity index (χ0) is 19.6. The summed E-state index contributed by atoms with van der Waals surface area (Å²) in [5.41, 5.74) is 4.89. The van der Waals surface area contributed by atoms with E-state index in [-0.39, 0.29) is 0 Å². The van der Waals surface area contributed by atoms with Crippen LogP contribution in [0.5, 0.6) is 0 Å². The minimum Gasteiger partial charge on any atom is -0.366 e. The summed E-state index contributed by atoms with van der Waals surface area (Å²) in [6.45, 7) is 19.9. The van der Waals surface area contributed by atoms with Gasteiger partial charge in [-0.15, -0.1) is 0 Å². The third kappa shape index (κ3) is 4.92. The van der Waals surface area contributed by atoms with Crippen LogP contribution in [-0.2, 0) is 11.5 Å². The standard InChI is InChI=1S/C21H36N4OSi/c1-7-23-8-9-25(18(3)14-23)20-13-19-21(12-17(20)2)24(15-22-19)16-26-10-11-27(4,5)6/h12-13,15,18H,7-11,14,16H2,1-6H3. The van der Waals surface area contributed by atoms with E-state index in [0.717, 1.165) is 38.3 Å². The monoisotopic (exact) mass is 388 g/mol. The number of ether oxygens (including phenoxy) is 1. The summed E-state index contributed by atoms with van der Waals surface area (Å²) in [6, 6.07) is 6.27. The minimum atomic E-state index is -1.04. The van der Waals surface area contributed by atoms with Crippen molar-refractivity contribution in [3.63, 3.8) is 0 Å². The molecule has 3 rings (SSSR count). The highest BCUT2D eigenvalue weighted by Gasteiger charge is 2.24. The Hall–Kier alpha value is -1.37. The van der Waals surface area contributed by atoms with E-state index in [1.54, 1.807) is 0 Å². The number of rotatable bonds is 7. The molecule has 6 heteroatoms. The molecule has 1 aliphatic rings. The largest absolute Gasteiger partial charge is 0.366 e. The van der Waals surface area contributed by atoms with E-state index in [4.69, 9.17) is 4.74 Å². The predicted molar refractivity (Wildman–Crippen MR) is 117 cm³/mol. The van der Waals surface area contributed by atoms with Crippen LogP contribution in [0.1, 0.15) is 19.4 Å². The van der Waals surface area contributed by atoms with Crippen LogP contribution in [0.4, 0.5) is 5.69 Å². The second-order valence-corrected chi connectivity index (χ2v) is 14.7. The van der Waals surface area contributed by atoms with Crippen molar-refractivity contribution >= 4 is 24.8 Å². The molecule has 0 amide bonds. The molecule has 1 aliphatic heterocycles. The Morgan fingerprint density at radius 2 is 2.00 bits per heavy atom. The summed E-state index contributed by atoms with van der Waals surface area (Å²) >= 11 is 0. The van der Waals surface area contributed by atoms with Crippen LogP contribution >= 0.6 is 0 Å². The molecule has 2 aromatic rings. The first-order valence-corrected chi connectivity index (χ1v) is 14.0. The van der Waals surface area contributed by atoms with Crippen molar-refractivity contribution in [2.24, 2.45) is 0 Å². The summed E-state index contributed by atoms with van der Waals surface area (Å²) in [5, 5.41) is 0. The smallest absolute Gasteiger partial charge is 0.124 e. The van der Waals surface area contributed by atoms with Crippen LogP contribution in [0.25, 0.3) is 11.0 Å². The zero-order valence-corrected chi connectivity index (χ0v) is 19.0. The number of benzene rings is 1. The van der Waals surface area contributed by atoms with E-state index in [1.807, 2.05) is 6.33 Å². The lowest BCUT2D eigenvalue weighted by atomic mass is 10.1. The summed E-state index contributed by atoms with van der Waals surface area (Å²) < 4.78 is 8.07. The van der Waals surface area contributed by atoms with E-state index in [1.165, 1.54) is 22.8 Å². The fourth-order valence-electron chi connectivity index (χ4n) is 3.83. The van der Waals surface area contributed by atoms with Crippen molar-refractivity contribution in [3.05, 3.63) is 24.0 Å². The summed E-state index contributed by atoms with van der Waals surface area (Å²) in [7, 11) is -1.04. The lowest BCUT2D eigenvalue weighted by Crippen LogP contribution is -2.52. The van der Waals surface area contributed by atoms with Gasteiger partial charge in [0, 0.05) is 46.0 Å². The van der Waals surface area contributed by atoms with Gasteiger partial charge in [-0.05, 0) is 44.1 Å². The van der Waals surface area contributed by atoms with E-state index in [0.29, 0.717) is 12.8 Å². The molecule has 0 saturated carbocycles. The number of fused-ring (bicyclic) bond motifs is 1. The molecule has 0 aliphatic carbocycles. The molecule has 1 aromatic carbocycles. The highest BCUT2D eigenvalue weighted by molar-refractivity contribution is 6.76. The van der Waals surface area contributed by atoms with Crippen LogP contribution < -0.4 is 4.90 Å². The van der Waals surface area contributed by atoms with Crippen molar-refractivity contribution in [2.75, 3.05) is 37.7 Å². The van der Waals surface area contributed by atoms with Gasteiger partial charge in [0.25, 0.3) is 0 Å². The van der Waals surface area contributed by atoms with E-state index < -0.39 is 8.07 Å². The number of piperazine rings is 1. The molecule has 27 heavy (non-hydrogen) atoms. The van der Waals surface area contributed by atoms with E-state index >= 15 is 0 Å². The molecule has 1 fully saturated rings. The number of hydrogen-bond acceptors (Lipinski definition) is 4. The van der Waals surface area contributed by atoms with Crippen LogP contribution in [0.3, 0.4) is 0 Å². The summed E-state index contributed by atoms with van der Waals surface area (Å²) in [6.07, 6.45) is 1.92. The Morgan fingerprint density at radius 1 is 1.22 bits per heavy atom. The summed E-state index contributed by atoms with van der Waals surface area (Å²) in [5.74, 6) is 0. The lowest BCUT2D eigenvalue weighted by molar-refractivity contribution is 0.0898. The van der Waals surface area contributed by atoms with Gasteiger partial charge in [-0.2, -0.15) is 0 Å². The number of imidazole rings is 1. The van der Waals surface area contributed by atoms with Gasteiger partial charge in [0.2, 0.25) is 0 Å². The minimum absolute atomic E-state index is 0.529. The maximum atomic E-state index is 5.93. The molecule has 1 atom stereocenters. The number of aryl methyl sites for hydroxylation is 1. The van der Waals surface area contributed by atoms with Crippen molar-refractivity contribution in [2.45, 2.75) is 59.2 Å². The fraction of sp³-hybridized carbons (Fsp3) is 0.667. The zero-order valence-electron chi connectivity index (χ0n) is 18.0. The van der Waals surface area contributed by atoms with Gasteiger partial charge in [-0.25, -0.2) is 4.98 Å². The average molecular weight is 389 g/mol. The van der Waals surface area contributed by atoms with Crippen LogP contribution in [0.15, 0.2) is 18.5 Å². The Balaban J connectivity index is 1.73. The number of likely N-dealkylation sites (N-methyl/N-ethyl adjacent to an activating group) is 1. The average Bonchev–Trinajstić information content (AvgIpc) is 2.99. The number of hydrogen-bond donors (Lipinski definition) is 0. The van der Waals surface area contributed by atoms with Crippen LogP contribution in [0, 0.1) is 6.92 Å². The lowest BCUT2D eigenvalue weighted by Gasteiger charge is -2.41. The van der Waals surface area contributed by atoms with E-state index in [2.05, 4.69) is 71.9 Å². The first-order chi connectivity index (χ1) is 12.8. The van der Waals surface area contributed by atoms with Crippen molar-refractivity contribution in [3.8, 4) is 0 Å². The molecular formula is C21H36N4OSi. The predicted octanol–water partition coefficient (Wildman–Crippen LogP) is 4.19. The molecular weight excluding hydrogens is 352 g/mol. The highest BCUT2D eigenvalue weighted by atomic mass is 28.3. The van der Waals surface area contributed by atoms with Crippen molar-refractivity contribution in [1.82, 2.24) is 14.5 Å². The van der Waals surface area contributed by atoms with Gasteiger partial charge in [0.05, 0.1) is 17.4 Å².